The minimum Gasteiger partial charge on any atom is -0.348 e. The van der Waals surface area contributed by atoms with E-state index in [1.54, 1.807) is 0 Å². The Labute approximate surface area is 48.1 Å². The number of alkyl halides is 1. The molecule has 0 aromatic rings. The number of amides is 1. The molecule has 0 aromatic heterocycles. The molecule has 0 aliphatic carbocycles. The standard InChI is InChI=1S/C5H9FNO/c6-3-1-2-4-7-5-8/h1-4H2,(H,7,8). The van der Waals surface area contributed by atoms with Gasteiger partial charge in [0.05, 0.1) is 6.67 Å². The van der Waals surface area contributed by atoms with Gasteiger partial charge in [0.15, 0.2) is 0 Å². The van der Waals surface area contributed by atoms with E-state index in [1.807, 2.05) is 0 Å². The predicted molar refractivity (Wildman–Crippen MR) is 28.9 cm³/mol. The van der Waals surface area contributed by atoms with E-state index < -0.39 is 0 Å². The molecule has 1 radical (unpaired) electrons. The fourth-order valence-electron chi connectivity index (χ4n) is 0.359. The minimum absolute atomic E-state index is 0.305. The van der Waals surface area contributed by atoms with Gasteiger partial charge in [0.25, 0.3) is 0 Å². The molecule has 0 rings (SSSR count). The Kier molecular flexibility index (Phi) is 5.92. The molecule has 0 atom stereocenters. The molecule has 1 N–H and O–H groups in total. The zero-order valence-corrected chi connectivity index (χ0v) is 4.61. The first-order chi connectivity index (χ1) is 3.91. The van der Waals surface area contributed by atoms with Crippen molar-refractivity contribution in [2.75, 3.05) is 13.2 Å². The van der Waals surface area contributed by atoms with Crippen molar-refractivity contribution in [3.05, 3.63) is 0 Å². The number of carbonyl (C=O) groups excluding carboxylic acids is 1. The van der Waals surface area contributed by atoms with Gasteiger partial charge in [-0.15, -0.1) is 0 Å². The lowest BCUT2D eigenvalue weighted by molar-refractivity contribution is 0.459. The molecule has 0 bridgehead atoms. The molecule has 0 saturated heterocycles. The van der Waals surface area contributed by atoms with Crippen LogP contribution in [0.1, 0.15) is 12.8 Å². The highest BCUT2D eigenvalue weighted by Gasteiger charge is 1.83. The van der Waals surface area contributed by atoms with Crippen LogP contribution in [0.4, 0.5) is 4.39 Å². The zero-order valence-electron chi connectivity index (χ0n) is 4.61. The summed E-state index contributed by atoms with van der Waals surface area (Å²) in [5, 5.41) is 2.31. The van der Waals surface area contributed by atoms with E-state index in [0.717, 1.165) is 0 Å². The van der Waals surface area contributed by atoms with Gasteiger partial charge in [0.2, 0.25) is 0 Å². The molecular weight excluding hydrogens is 109 g/mol. The number of unbranched alkanes of at least 4 members (excludes halogenated alkanes) is 1. The Morgan fingerprint density at radius 1 is 1.50 bits per heavy atom. The normalized spacial score (nSPS) is 8.62. The van der Waals surface area contributed by atoms with Crippen molar-refractivity contribution in [2.24, 2.45) is 0 Å². The lowest BCUT2D eigenvalue weighted by atomic mass is 10.3. The van der Waals surface area contributed by atoms with Gasteiger partial charge in [-0.25, -0.2) is 0 Å². The van der Waals surface area contributed by atoms with Crippen molar-refractivity contribution in [2.45, 2.75) is 12.8 Å². The second kappa shape index (κ2) is 6.40. The maximum absolute atomic E-state index is 11.3. The van der Waals surface area contributed by atoms with Crippen LogP contribution in [0.5, 0.6) is 0 Å². The quantitative estimate of drug-likeness (QED) is 0.410. The number of hydrogen-bond donors (Lipinski definition) is 1. The molecule has 0 aliphatic rings. The van der Waals surface area contributed by atoms with E-state index in [0.29, 0.717) is 19.4 Å². The van der Waals surface area contributed by atoms with Crippen LogP contribution in [0.2, 0.25) is 0 Å². The summed E-state index contributed by atoms with van der Waals surface area (Å²) in [6.45, 7) is 0.230. The molecule has 47 valence electrons. The summed E-state index contributed by atoms with van der Waals surface area (Å²) in [5.74, 6) is 0. The maximum atomic E-state index is 11.3. The smallest absolute Gasteiger partial charge is 0.309 e. The molecule has 1 amide bonds. The number of halogens is 1. The SMILES string of the molecule is O=[C]NCCCCF. The number of nitrogens with one attached hydrogen (secondary N) is 1. The molecule has 0 saturated carbocycles. The summed E-state index contributed by atoms with van der Waals surface area (Å²) in [4.78, 5) is 9.44. The first-order valence-electron chi connectivity index (χ1n) is 2.57. The highest BCUT2D eigenvalue weighted by Crippen LogP contribution is 1.84. The molecule has 3 heteroatoms. The summed E-state index contributed by atoms with van der Waals surface area (Å²) >= 11 is 0. The molecule has 0 aromatic carbocycles. The summed E-state index contributed by atoms with van der Waals surface area (Å²) < 4.78 is 11.3. The highest BCUT2D eigenvalue weighted by molar-refractivity contribution is 5.46. The summed E-state index contributed by atoms with van der Waals surface area (Å²) in [7, 11) is 0. The molecule has 8 heavy (non-hydrogen) atoms. The first-order valence-corrected chi connectivity index (χ1v) is 2.57. The maximum Gasteiger partial charge on any atom is 0.309 e. The molecule has 0 aliphatic heterocycles. The summed E-state index contributed by atoms with van der Waals surface area (Å²) in [6.07, 6.45) is 2.73. The fourth-order valence-corrected chi connectivity index (χ4v) is 0.359. The number of rotatable bonds is 5. The van der Waals surface area contributed by atoms with Gasteiger partial charge < -0.3 is 5.32 Å². The van der Waals surface area contributed by atoms with Gasteiger partial charge in [-0.2, -0.15) is 0 Å². The van der Waals surface area contributed by atoms with E-state index in [1.165, 1.54) is 6.41 Å². The fraction of sp³-hybridized carbons (Fsp3) is 0.800. The molecule has 2 nitrogen and oxygen atoms in total. The van der Waals surface area contributed by atoms with Crippen molar-refractivity contribution in [3.8, 4) is 0 Å². The van der Waals surface area contributed by atoms with Gasteiger partial charge in [0, 0.05) is 6.54 Å². The van der Waals surface area contributed by atoms with E-state index in [2.05, 4.69) is 5.32 Å². The van der Waals surface area contributed by atoms with E-state index in [4.69, 9.17) is 0 Å². The molecule has 0 unspecified atom stereocenters. The minimum atomic E-state index is -0.305. The van der Waals surface area contributed by atoms with Gasteiger partial charge in [-0.1, -0.05) is 0 Å². The molecular formula is C5H9FNO. The summed E-state index contributed by atoms with van der Waals surface area (Å²) in [6, 6.07) is 0. The van der Waals surface area contributed by atoms with Crippen LogP contribution in [-0.2, 0) is 4.79 Å². The Morgan fingerprint density at radius 3 is 2.75 bits per heavy atom. The first kappa shape index (κ1) is 7.40. The van der Waals surface area contributed by atoms with Crippen molar-refractivity contribution < 1.29 is 9.18 Å². The van der Waals surface area contributed by atoms with E-state index in [-0.39, 0.29) is 6.67 Å². The second-order valence-electron chi connectivity index (χ2n) is 1.42. The van der Waals surface area contributed by atoms with E-state index >= 15 is 0 Å². The van der Waals surface area contributed by atoms with Gasteiger partial charge >= 0.3 is 6.41 Å². The van der Waals surface area contributed by atoms with Crippen molar-refractivity contribution in [3.63, 3.8) is 0 Å². The van der Waals surface area contributed by atoms with Crippen LogP contribution in [0, 0.1) is 0 Å². The molecule has 0 fully saturated rings. The topological polar surface area (TPSA) is 29.1 Å². The van der Waals surface area contributed by atoms with Gasteiger partial charge in [-0.3, -0.25) is 9.18 Å². The second-order valence-corrected chi connectivity index (χ2v) is 1.42. The third-order valence-corrected chi connectivity index (χ3v) is 0.758. The van der Waals surface area contributed by atoms with E-state index in [9.17, 15) is 9.18 Å². The van der Waals surface area contributed by atoms with Crippen molar-refractivity contribution in [1.29, 1.82) is 0 Å². The lowest BCUT2D eigenvalue weighted by Crippen LogP contribution is -2.11. The molecule has 0 spiro atoms. The average Bonchev–Trinajstić information content (AvgIpc) is 1.81. The summed E-state index contributed by atoms with van der Waals surface area (Å²) in [5.41, 5.74) is 0. The third-order valence-electron chi connectivity index (χ3n) is 0.758. The van der Waals surface area contributed by atoms with Crippen molar-refractivity contribution in [1.82, 2.24) is 5.32 Å². The van der Waals surface area contributed by atoms with Crippen LogP contribution >= 0.6 is 0 Å². The monoisotopic (exact) mass is 118 g/mol. The van der Waals surface area contributed by atoms with Crippen LogP contribution in [-0.4, -0.2) is 19.6 Å². The Hall–Kier alpha value is -0.600. The average molecular weight is 118 g/mol. The Morgan fingerprint density at radius 2 is 2.25 bits per heavy atom. The van der Waals surface area contributed by atoms with Gasteiger partial charge in [0.1, 0.15) is 0 Å². The van der Waals surface area contributed by atoms with Crippen LogP contribution < -0.4 is 5.32 Å². The lowest BCUT2D eigenvalue weighted by Gasteiger charge is -1.91. The Bertz CT molecular complexity index is 58.4. The predicted octanol–water partition coefficient (Wildman–Crippen LogP) is 0.393. The van der Waals surface area contributed by atoms with Crippen LogP contribution in [0.15, 0.2) is 0 Å². The Balaban J connectivity index is 2.62. The third kappa shape index (κ3) is 5.40. The van der Waals surface area contributed by atoms with Crippen LogP contribution in [0.3, 0.4) is 0 Å². The molecule has 0 heterocycles. The largest absolute Gasteiger partial charge is 0.348 e. The highest BCUT2D eigenvalue weighted by atomic mass is 19.1. The van der Waals surface area contributed by atoms with Gasteiger partial charge in [-0.05, 0) is 12.8 Å². The zero-order chi connectivity index (χ0) is 6.24. The number of hydrogen-bond acceptors (Lipinski definition) is 1. The van der Waals surface area contributed by atoms with Crippen molar-refractivity contribution >= 4 is 6.41 Å². The van der Waals surface area contributed by atoms with Crippen LogP contribution in [0.25, 0.3) is 0 Å².